The molecule has 1 aromatic heterocycles. The monoisotopic (exact) mass is 455 g/mol. The van der Waals surface area contributed by atoms with Crippen LogP contribution in [-0.2, 0) is 4.74 Å². The second-order valence-corrected chi connectivity index (χ2v) is 6.72. The molecule has 1 aliphatic heterocycles. The number of anilines is 1. The van der Waals surface area contributed by atoms with E-state index in [4.69, 9.17) is 14.6 Å². The van der Waals surface area contributed by atoms with Gasteiger partial charge in [-0.2, -0.15) is 0 Å². The summed E-state index contributed by atoms with van der Waals surface area (Å²) in [6.45, 7) is 2.69. The number of aromatic nitrogens is 2. The van der Waals surface area contributed by atoms with Crippen molar-refractivity contribution in [1.82, 2.24) is 10.2 Å². The average Bonchev–Trinajstić information content (AvgIpc) is 2.63. The van der Waals surface area contributed by atoms with Crippen molar-refractivity contribution >= 4 is 34.4 Å². The molecule has 1 aromatic carbocycles. The summed E-state index contributed by atoms with van der Waals surface area (Å²) in [5.74, 6) is 0.570. The van der Waals surface area contributed by atoms with Crippen LogP contribution in [0.3, 0.4) is 0 Å². The van der Waals surface area contributed by atoms with Gasteiger partial charge in [0.1, 0.15) is 9.45 Å². The van der Waals surface area contributed by atoms with Gasteiger partial charge in [0, 0.05) is 19.5 Å². The fraction of sp³-hybridized carbons (Fsp3) is 0.353. The van der Waals surface area contributed by atoms with E-state index in [0.717, 1.165) is 29.0 Å². The number of benzene rings is 1. The Bertz CT molecular complexity index is 709. The summed E-state index contributed by atoms with van der Waals surface area (Å²) < 4.78 is 12.3. The van der Waals surface area contributed by atoms with Crippen LogP contribution in [0.1, 0.15) is 16.8 Å². The van der Waals surface area contributed by atoms with Crippen LogP contribution in [0, 0.1) is 3.70 Å². The second kappa shape index (κ2) is 8.43. The first-order valence-corrected chi connectivity index (χ1v) is 9.01. The molecule has 0 amide bonds. The summed E-state index contributed by atoms with van der Waals surface area (Å²) >= 11 is 2.13. The van der Waals surface area contributed by atoms with Gasteiger partial charge in [0.2, 0.25) is 0 Å². The molecule has 3 rings (SSSR count). The predicted octanol–water partition coefficient (Wildman–Crippen LogP) is 2.45. The van der Waals surface area contributed by atoms with Gasteiger partial charge in [-0.25, -0.2) is 4.79 Å². The molecule has 1 fully saturated rings. The number of morpholine rings is 1. The molecular formula is C17H18IN3O4. The fourth-order valence-corrected chi connectivity index (χ4v) is 2.87. The van der Waals surface area contributed by atoms with E-state index in [1.807, 2.05) is 12.1 Å². The number of rotatable bonds is 6. The van der Waals surface area contributed by atoms with Crippen LogP contribution in [0.4, 0.5) is 5.82 Å². The highest BCUT2D eigenvalue weighted by Crippen LogP contribution is 2.18. The van der Waals surface area contributed by atoms with E-state index in [0.29, 0.717) is 19.0 Å². The van der Waals surface area contributed by atoms with E-state index < -0.39 is 5.97 Å². The van der Waals surface area contributed by atoms with Gasteiger partial charge in [-0.1, -0.05) is 0 Å². The number of hydrogen-bond donors (Lipinski definition) is 1. The van der Waals surface area contributed by atoms with Crippen LogP contribution >= 0.6 is 22.6 Å². The van der Waals surface area contributed by atoms with E-state index in [1.54, 1.807) is 12.1 Å². The molecule has 132 valence electrons. The van der Waals surface area contributed by atoms with E-state index >= 15 is 0 Å². The zero-order valence-electron chi connectivity index (χ0n) is 13.5. The van der Waals surface area contributed by atoms with E-state index in [-0.39, 0.29) is 11.7 Å². The van der Waals surface area contributed by atoms with Crippen LogP contribution < -0.4 is 9.64 Å². The summed E-state index contributed by atoms with van der Waals surface area (Å²) in [6.07, 6.45) is 0.808. The molecule has 0 radical (unpaired) electrons. The van der Waals surface area contributed by atoms with Crippen molar-refractivity contribution in [3.8, 4) is 5.75 Å². The lowest BCUT2D eigenvalue weighted by Crippen LogP contribution is -2.43. The maximum atomic E-state index is 10.8. The highest BCUT2D eigenvalue weighted by atomic mass is 127. The molecule has 25 heavy (non-hydrogen) atoms. The van der Waals surface area contributed by atoms with Crippen molar-refractivity contribution in [2.75, 3.05) is 31.2 Å². The topological polar surface area (TPSA) is 84.8 Å². The quantitative estimate of drug-likeness (QED) is 0.670. The lowest BCUT2D eigenvalue weighted by molar-refractivity contribution is 0.0266. The summed E-state index contributed by atoms with van der Waals surface area (Å²) in [6, 6.07) is 10.3. The van der Waals surface area contributed by atoms with Crippen LogP contribution in [-0.4, -0.2) is 53.7 Å². The minimum absolute atomic E-state index is 0.0631. The molecule has 0 bridgehead atoms. The normalized spacial score (nSPS) is 17.3. The number of carboxylic acids is 1. The molecule has 1 N–H and O–H groups in total. The van der Waals surface area contributed by atoms with Crippen molar-refractivity contribution in [3.63, 3.8) is 0 Å². The number of nitrogens with zero attached hydrogens (tertiary/aromatic N) is 3. The standard InChI is InChI=1S/C17H18IN3O4/c18-15-5-6-16(20-19-15)21-8-10-25-14(11-21)7-9-24-13-3-1-12(2-4-13)17(22)23/h1-6,14H,7-11H2,(H,22,23). The van der Waals surface area contributed by atoms with E-state index in [9.17, 15) is 4.79 Å². The van der Waals surface area contributed by atoms with Gasteiger partial charge in [-0.05, 0) is 59.0 Å². The van der Waals surface area contributed by atoms with Crippen LogP contribution in [0.15, 0.2) is 36.4 Å². The number of hydrogen-bond acceptors (Lipinski definition) is 6. The number of halogens is 1. The number of carboxylic acid groups (broad SMARTS) is 1. The third-order valence-electron chi connectivity index (χ3n) is 3.89. The molecule has 2 aromatic rings. The molecule has 7 nitrogen and oxygen atoms in total. The van der Waals surface area contributed by atoms with E-state index in [2.05, 4.69) is 37.7 Å². The summed E-state index contributed by atoms with van der Waals surface area (Å²) in [5.41, 5.74) is 0.247. The minimum Gasteiger partial charge on any atom is -0.493 e. The van der Waals surface area contributed by atoms with Gasteiger partial charge in [0.15, 0.2) is 5.82 Å². The molecule has 1 aliphatic rings. The smallest absolute Gasteiger partial charge is 0.335 e. The van der Waals surface area contributed by atoms with Gasteiger partial charge < -0.3 is 19.5 Å². The summed E-state index contributed by atoms with van der Waals surface area (Å²) in [4.78, 5) is 13.0. The number of ether oxygens (including phenoxy) is 2. The maximum absolute atomic E-state index is 10.8. The van der Waals surface area contributed by atoms with Gasteiger partial charge in [0.25, 0.3) is 0 Å². The Hall–Kier alpha value is -1.94. The van der Waals surface area contributed by atoms with Crippen molar-refractivity contribution in [2.24, 2.45) is 0 Å². The zero-order valence-corrected chi connectivity index (χ0v) is 15.6. The van der Waals surface area contributed by atoms with Crippen molar-refractivity contribution in [1.29, 1.82) is 0 Å². The van der Waals surface area contributed by atoms with E-state index in [1.165, 1.54) is 12.1 Å². The predicted molar refractivity (Wildman–Crippen MR) is 100 cm³/mol. The van der Waals surface area contributed by atoms with Gasteiger partial charge in [-0.15, -0.1) is 10.2 Å². The van der Waals surface area contributed by atoms with Crippen LogP contribution in [0.2, 0.25) is 0 Å². The first kappa shape index (κ1) is 17.9. The molecule has 8 heteroatoms. The molecule has 0 saturated carbocycles. The van der Waals surface area contributed by atoms with Crippen LogP contribution in [0.5, 0.6) is 5.75 Å². The van der Waals surface area contributed by atoms with Gasteiger partial charge >= 0.3 is 5.97 Å². The Morgan fingerprint density at radius 1 is 1.28 bits per heavy atom. The highest BCUT2D eigenvalue weighted by molar-refractivity contribution is 14.1. The van der Waals surface area contributed by atoms with Crippen molar-refractivity contribution in [2.45, 2.75) is 12.5 Å². The maximum Gasteiger partial charge on any atom is 0.335 e. The number of aromatic carboxylic acids is 1. The molecule has 2 heterocycles. The van der Waals surface area contributed by atoms with Crippen molar-refractivity contribution < 1.29 is 19.4 Å². The molecule has 1 saturated heterocycles. The fourth-order valence-electron chi connectivity index (χ4n) is 2.58. The lowest BCUT2D eigenvalue weighted by Gasteiger charge is -2.33. The third-order valence-corrected chi connectivity index (χ3v) is 4.47. The molecule has 0 spiro atoms. The van der Waals surface area contributed by atoms with Crippen molar-refractivity contribution in [3.05, 3.63) is 45.7 Å². The van der Waals surface area contributed by atoms with Gasteiger partial charge in [-0.3, -0.25) is 0 Å². The van der Waals surface area contributed by atoms with Crippen LogP contribution in [0.25, 0.3) is 0 Å². The Labute approximate surface area is 159 Å². The molecule has 1 atom stereocenters. The largest absolute Gasteiger partial charge is 0.493 e. The second-order valence-electron chi connectivity index (χ2n) is 5.62. The van der Waals surface area contributed by atoms with Gasteiger partial charge in [0.05, 0.1) is 24.9 Å². The SMILES string of the molecule is O=C(O)c1ccc(OCCC2CN(c3ccc(I)nn3)CCO2)cc1. The molecule has 1 unspecified atom stereocenters. The third kappa shape index (κ3) is 5.02. The first-order chi connectivity index (χ1) is 12.1. The summed E-state index contributed by atoms with van der Waals surface area (Å²) in [7, 11) is 0. The molecular weight excluding hydrogens is 437 g/mol. The molecule has 0 aliphatic carbocycles. The lowest BCUT2D eigenvalue weighted by atomic mass is 10.2. The number of carbonyl (C=O) groups is 1. The Morgan fingerprint density at radius 3 is 2.76 bits per heavy atom. The zero-order chi connectivity index (χ0) is 17.6. The minimum atomic E-state index is -0.944. The Balaban J connectivity index is 1.48. The Morgan fingerprint density at radius 2 is 2.08 bits per heavy atom. The summed E-state index contributed by atoms with van der Waals surface area (Å²) in [5, 5.41) is 17.2. The average molecular weight is 455 g/mol. The Kier molecular flexibility index (Phi) is 6.03. The highest BCUT2D eigenvalue weighted by Gasteiger charge is 2.21. The first-order valence-electron chi connectivity index (χ1n) is 7.94.